The fraction of sp³-hybridized carbons (Fsp3) is 0.0833. The largest absolute Gasteiger partial charge is 0.388 e. The highest BCUT2D eigenvalue weighted by molar-refractivity contribution is 7.92. The molecule has 0 aliphatic rings. The van der Waals surface area contributed by atoms with E-state index in [1.807, 2.05) is 0 Å². The number of hydrogen-bond donors (Lipinski definition) is 2. The number of pyridine rings is 1. The van der Waals surface area contributed by atoms with Crippen molar-refractivity contribution in [3.63, 3.8) is 0 Å². The van der Waals surface area contributed by atoms with E-state index < -0.39 is 10.0 Å². The molecule has 6 heteroatoms. The van der Waals surface area contributed by atoms with E-state index in [0.717, 1.165) is 5.69 Å². The second-order valence-corrected chi connectivity index (χ2v) is 5.30. The van der Waals surface area contributed by atoms with E-state index in [1.54, 1.807) is 49.6 Å². The summed E-state index contributed by atoms with van der Waals surface area (Å²) in [6.07, 6.45) is 3.04. The molecule has 0 saturated heterocycles. The van der Waals surface area contributed by atoms with E-state index in [2.05, 4.69) is 15.0 Å². The van der Waals surface area contributed by atoms with Gasteiger partial charge in [0.25, 0.3) is 10.0 Å². The lowest BCUT2D eigenvalue weighted by atomic mass is 10.3. The highest BCUT2D eigenvalue weighted by Crippen LogP contribution is 2.17. The van der Waals surface area contributed by atoms with Gasteiger partial charge in [-0.25, -0.2) is 8.42 Å². The highest BCUT2D eigenvalue weighted by Gasteiger charge is 2.13. The smallest absolute Gasteiger partial charge is 0.261 e. The maximum Gasteiger partial charge on any atom is 0.261 e. The summed E-state index contributed by atoms with van der Waals surface area (Å²) < 4.78 is 26.5. The summed E-state index contributed by atoms with van der Waals surface area (Å²) in [5.74, 6) is 0. The number of nitrogens with zero attached hydrogens (tertiary/aromatic N) is 1. The van der Waals surface area contributed by atoms with Gasteiger partial charge in [-0.2, -0.15) is 0 Å². The standard InChI is InChI=1S/C12H13N3O2S/c1-13-10-4-6-12(7-5-10)18(16,17)15-11-3-2-8-14-9-11/h2-9,13,15H,1H3. The predicted octanol–water partition coefficient (Wildman–Crippen LogP) is 1.92. The summed E-state index contributed by atoms with van der Waals surface area (Å²) in [5.41, 5.74) is 1.30. The van der Waals surface area contributed by atoms with Gasteiger partial charge in [-0.3, -0.25) is 9.71 Å². The minimum atomic E-state index is -3.56. The number of sulfonamides is 1. The molecule has 94 valence electrons. The van der Waals surface area contributed by atoms with E-state index in [4.69, 9.17) is 0 Å². The predicted molar refractivity (Wildman–Crippen MR) is 71.0 cm³/mol. The van der Waals surface area contributed by atoms with Gasteiger partial charge in [-0.1, -0.05) is 0 Å². The van der Waals surface area contributed by atoms with Gasteiger partial charge in [0.1, 0.15) is 0 Å². The summed E-state index contributed by atoms with van der Waals surface area (Å²) in [6, 6.07) is 9.82. The fourth-order valence-electron chi connectivity index (χ4n) is 1.44. The molecule has 0 aliphatic carbocycles. The topological polar surface area (TPSA) is 71.1 Å². The summed E-state index contributed by atoms with van der Waals surface area (Å²) in [4.78, 5) is 4.07. The summed E-state index contributed by atoms with van der Waals surface area (Å²) in [7, 11) is -1.78. The average molecular weight is 263 g/mol. The maximum atomic E-state index is 12.0. The zero-order chi connectivity index (χ0) is 13.0. The monoisotopic (exact) mass is 263 g/mol. The van der Waals surface area contributed by atoms with Crippen LogP contribution in [0.2, 0.25) is 0 Å². The van der Waals surface area contributed by atoms with Crippen molar-refractivity contribution >= 4 is 21.4 Å². The molecule has 0 radical (unpaired) electrons. The first-order chi connectivity index (χ1) is 8.62. The lowest BCUT2D eigenvalue weighted by Gasteiger charge is -2.08. The second-order valence-electron chi connectivity index (χ2n) is 3.62. The maximum absolute atomic E-state index is 12.0. The van der Waals surface area contributed by atoms with Crippen molar-refractivity contribution < 1.29 is 8.42 Å². The highest BCUT2D eigenvalue weighted by atomic mass is 32.2. The van der Waals surface area contributed by atoms with E-state index in [-0.39, 0.29) is 4.90 Å². The van der Waals surface area contributed by atoms with Gasteiger partial charge in [-0.15, -0.1) is 0 Å². The van der Waals surface area contributed by atoms with E-state index >= 15 is 0 Å². The molecule has 2 N–H and O–H groups in total. The molecule has 1 heterocycles. The Hall–Kier alpha value is -2.08. The van der Waals surface area contributed by atoms with E-state index in [0.29, 0.717) is 5.69 Å². The van der Waals surface area contributed by atoms with Gasteiger partial charge in [0.15, 0.2) is 0 Å². The summed E-state index contributed by atoms with van der Waals surface area (Å²) in [6.45, 7) is 0. The van der Waals surface area contributed by atoms with Gasteiger partial charge >= 0.3 is 0 Å². The molecule has 18 heavy (non-hydrogen) atoms. The van der Waals surface area contributed by atoms with Crippen LogP contribution in [-0.2, 0) is 10.0 Å². The molecular weight excluding hydrogens is 250 g/mol. The molecule has 2 aromatic rings. The first kappa shape index (κ1) is 12.4. The van der Waals surface area contributed by atoms with Gasteiger partial charge in [0, 0.05) is 18.9 Å². The third-order valence-corrected chi connectivity index (χ3v) is 3.76. The van der Waals surface area contributed by atoms with Crippen LogP contribution in [0.3, 0.4) is 0 Å². The van der Waals surface area contributed by atoms with Crippen LogP contribution in [0.15, 0.2) is 53.7 Å². The Morgan fingerprint density at radius 2 is 1.78 bits per heavy atom. The molecular formula is C12H13N3O2S. The minimum Gasteiger partial charge on any atom is -0.388 e. The number of nitrogens with one attached hydrogen (secondary N) is 2. The molecule has 0 aliphatic heterocycles. The number of hydrogen-bond acceptors (Lipinski definition) is 4. The first-order valence-corrected chi connectivity index (χ1v) is 6.81. The molecule has 1 aromatic carbocycles. The van der Waals surface area contributed by atoms with Gasteiger partial charge in [-0.05, 0) is 36.4 Å². The number of aromatic nitrogens is 1. The van der Waals surface area contributed by atoms with Gasteiger partial charge < -0.3 is 5.32 Å². The third-order valence-electron chi connectivity index (χ3n) is 2.37. The Morgan fingerprint density at radius 3 is 2.33 bits per heavy atom. The van der Waals surface area contributed by atoms with Crippen molar-refractivity contribution in [2.24, 2.45) is 0 Å². The third kappa shape index (κ3) is 2.78. The van der Waals surface area contributed by atoms with Crippen LogP contribution < -0.4 is 10.0 Å². The van der Waals surface area contributed by atoms with Crippen molar-refractivity contribution in [1.82, 2.24) is 4.98 Å². The number of benzene rings is 1. The molecule has 0 atom stereocenters. The van der Waals surface area contributed by atoms with Crippen LogP contribution in [0.5, 0.6) is 0 Å². The van der Waals surface area contributed by atoms with Crippen molar-refractivity contribution in [3.05, 3.63) is 48.8 Å². The Balaban J connectivity index is 2.25. The molecule has 2 rings (SSSR count). The Bertz CT molecular complexity index is 610. The van der Waals surface area contributed by atoms with Crippen LogP contribution >= 0.6 is 0 Å². The molecule has 0 unspecified atom stereocenters. The normalized spacial score (nSPS) is 10.9. The van der Waals surface area contributed by atoms with Crippen LogP contribution in [0.25, 0.3) is 0 Å². The number of rotatable bonds is 4. The Kier molecular flexibility index (Phi) is 3.47. The number of anilines is 2. The SMILES string of the molecule is CNc1ccc(S(=O)(=O)Nc2cccnc2)cc1. The molecule has 1 aromatic heterocycles. The second kappa shape index (κ2) is 5.05. The Morgan fingerprint density at radius 1 is 1.06 bits per heavy atom. The van der Waals surface area contributed by atoms with Crippen molar-refractivity contribution in [3.8, 4) is 0 Å². The summed E-state index contributed by atoms with van der Waals surface area (Å²) >= 11 is 0. The van der Waals surface area contributed by atoms with Crippen LogP contribution in [-0.4, -0.2) is 20.4 Å². The fourth-order valence-corrected chi connectivity index (χ4v) is 2.48. The lowest BCUT2D eigenvalue weighted by Crippen LogP contribution is -2.12. The van der Waals surface area contributed by atoms with Crippen molar-refractivity contribution in [2.45, 2.75) is 4.90 Å². The van der Waals surface area contributed by atoms with Crippen molar-refractivity contribution in [1.29, 1.82) is 0 Å². The van der Waals surface area contributed by atoms with Crippen LogP contribution in [0.4, 0.5) is 11.4 Å². The zero-order valence-electron chi connectivity index (χ0n) is 9.79. The average Bonchev–Trinajstić information content (AvgIpc) is 2.39. The van der Waals surface area contributed by atoms with Gasteiger partial charge in [0.2, 0.25) is 0 Å². The molecule has 0 fully saturated rings. The van der Waals surface area contributed by atoms with Crippen LogP contribution in [0.1, 0.15) is 0 Å². The molecule has 0 amide bonds. The van der Waals surface area contributed by atoms with Crippen molar-refractivity contribution in [2.75, 3.05) is 17.1 Å². The first-order valence-electron chi connectivity index (χ1n) is 5.32. The minimum absolute atomic E-state index is 0.213. The van der Waals surface area contributed by atoms with Crippen LogP contribution in [0, 0.1) is 0 Å². The molecule has 5 nitrogen and oxygen atoms in total. The molecule has 0 spiro atoms. The van der Waals surface area contributed by atoms with Gasteiger partial charge in [0.05, 0.1) is 16.8 Å². The summed E-state index contributed by atoms with van der Waals surface area (Å²) in [5, 5.41) is 2.93. The molecule has 0 saturated carbocycles. The zero-order valence-corrected chi connectivity index (χ0v) is 10.6. The van der Waals surface area contributed by atoms with E-state index in [1.165, 1.54) is 6.20 Å². The quantitative estimate of drug-likeness (QED) is 0.884. The lowest BCUT2D eigenvalue weighted by molar-refractivity contribution is 0.601. The molecule has 0 bridgehead atoms. The Labute approximate surface area is 106 Å². The van der Waals surface area contributed by atoms with E-state index in [9.17, 15) is 8.42 Å².